The van der Waals surface area contributed by atoms with Crippen molar-refractivity contribution in [2.75, 3.05) is 18.0 Å². The van der Waals surface area contributed by atoms with E-state index in [2.05, 4.69) is 4.72 Å². The van der Waals surface area contributed by atoms with Crippen molar-refractivity contribution in [3.8, 4) is 0 Å². The van der Waals surface area contributed by atoms with Crippen molar-refractivity contribution >= 4 is 21.4 Å². The molecule has 1 heterocycles. The van der Waals surface area contributed by atoms with Crippen LogP contribution in [0.2, 0.25) is 0 Å². The van der Waals surface area contributed by atoms with Crippen LogP contribution in [-0.4, -0.2) is 32.0 Å². The Hall–Kier alpha value is -1.67. The summed E-state index contributed by atoms with van der Waals surface area (Å²) in [6, 6.07) is 4.16. The first-order chi connectivity index (χ1) is 11.1. The smallest absolute Gasteiger partial charge is 0.293 e. The number of nitrogens with one attached hydrogen (secondary N) is 1. The van der Waals surface area contributed by atoms with Gasteiger partial charge in [0.2, 0.25) is 10.0 Å². The lowest BCUT2D eigenvalue weighted by molar-refractivity contribution is -0.384. The largest absolute Gasteiger partial charge is 0.366 e. The molecule has 0 saturated carbocycles. The van der Waals surface area contributed by atoms with Crippen LogP contribution in [0, 0.1) is 10.1 Å². The van der Waals surface area contributed by atoms with Gasteiger partial charge < -0.3 is 4.90 Å². The summed E-state index contributed by atoms with van der Waals surface area (Å²) in [7, 11) is -3.80. The van der Waals surface area contributed by atoms with Crippen LogP contribution in [0.1, 0.15) is 46.5 Å². The summed E-state index contributed by atoms with van der Waals surface area (Å²) >= 11 is 0. The molecule has 1 aliphatic heterocycles. The quantitative estimate of drug-likeness (QED) is 0.662. The lowest BCUT2D eigenvalue weighted by Gasteiger charge is -2.23. The van der Waals surface area contributed by atoms with Gasteiger partial charge in [-0.2, -0.15) is 0 Å². The van der Waals surface area contributed by atoms with E-state index in [1.807, 2.05) is 4.90 Å². The Morgan fingerprint density at radius 1 is 1.12 bits per heavy atom. The topological polar surface area (TPSA) is 92.6 Å². The number of nitro groups is 1. The van der Waals surface area contributed by atoms with Crippen LogP contribution in [-0.2, 0) is 10.0 Å². The molecule has 1 fully saturated rings. The van der Waals surface area contributed by atoms with E-state index in [4.69, 9.17) is 0 Å². The highest BCUT2D eigenvalue weighted by molar-refractivity contribution is 7.89. The number of anilines is 1. The zero-order valence-corrected chi connectivity index (χ0v) is 15.2. The maximum absolute atomic E-state index is 12.4. The molecule has 0 aromatic heterocycles. The van der Waals surface area contributed by atoms with E-state index in [1.165, 1.54) is 6.07 Å². The molecular formula is C16H25N3O4S. The predicted octanol–water partition coefficient (Wildman–Crippen LogP) is 3.05. The summed E-state index contributed by atoms with van der Waals surface area (Å²) in [4.78, 5) is 12.9. The molecule has 0 atom stereocenters. The molecule has 0 amide bonds. The Morgan fingerprint density at radius 3 is 2.21 bits per heavy atom. The van der Waals surface area contributed by atoms with E-state index in [0.29, 0.717) is 5.69 Å². The van der Waals surface area contributed by atoms with E-state index in [-0.39, 0.29) is 10.6 Å². The molecule has 1 N–H and O–H groups in total. The Kier molecular flexibility index (Phi) is 5.49. The Balaban J connectivity index is 2.41. The standard InChI is InChI=1S/C16H25N3O4S/c1-16(2,3)17-24(22,23)13-8-9-14(15(12-13)19(20)21)18-10-6-4-5-7-11-18/h8-9,12,17H,4-7,10-11H2,1-3H3. The van der Waals surface area contributed by atoms with Crippen molar-refractivity contribution in [3.05, 3.63) is 28.3 Å². The highest BCUT2D eigenvalue weighted by Gasteiger charge is 2.27. The molecule has 8 heteroatoms. The summed E-state index contributed by atoms with van der Waals surface area (Å²) in [6.45, 7) is 6.69. The molecule has 0 bridgehead atoms. The molecule has 0 spiro atoms. The number of rotatable bonds is 4. The molecule has 1 aliphatic rings. The summed E-state index contributed by atoms with van der Waals surface area (Å²) in [5.41, 5.74) is -0.317. The second-order valence-electron chi connectivity index (χ2n) is 7.16. The van der Waals surface area contributed by atoms with Gasteiger partial charge in [0, 0.05) is 24.7 Å². The van der Waals surface area contributed by atoms with Gasteiger partial charge in [-0.1, -0.05) is 12.8 Å². The molecule has 7 nitrogen and oxygen atoms in total. The number of benzene rings is 1. The van der Waals surface area contributed by atoms with Crippen LogP contribution in [0.25, 0.3) is 0 Å². The number of nitrogens with zero attached hydrogens (tertiary/aromatic N) is 2. The fourth-order valence-corrected chi connectivity index (χ4v) is 4.30. The third-order valence-electron chi connectivity index (χ3n) is 3.84. The molecule has 134 valence electrons. The fraction of sp³-hybridized carbons (Fsp3) is 0.625. The zero-order chi connectivity index (χ0) is 18.0. The minimum Gasteiger partial charge on any atom is -0.366 e. The molecule has 2 rings (SSSR count). The van der Waals surface area contributed by atoms with Gasteiger partial charge in [0.1, 0.15) is 5.69 Å². The van der Waals surface area contributed by atoms with Crippen molar-refractivity contribution in [3.63, 3.8) is 0 Å². The van der Waals surface area contributed by atoms with Crippen LogP contribution >= 0.6 is 0 Å². The predicted molar refractivity (Wildman–Crippen MR) is 93.9 cm³/mol. The first kappa shape index (κ1) is 18.7. The molecule has 1 saturated heterocycles. The molecule has 24 heavy (non-hydrogen) atoms. The van der Waals surface area contributed by atoms with Gasteiger partial charge in [-0.15, -0.1) is 0 Å². The molecule has 0 aliphatic carbocycles. The minimum atomic E-state index is -3.80. The number of sulfonamides is 1. The highest BCUT2D eigenvalue weighted by Crippen LogP contribution is 2.32. The van der Waals surface area contributed by atoms with Gasteiger partial charge in [-0.05, 0) is 45.7 Å². The number of nitro benzene ring substituents is 1. The molecular weight excluding hydrogens is 330 g/mol. The van der Waals surface area contributed by atoms with Crippen LogP contribution in [0.3, 0.4) is 0 Å². The van der Waals surface area contributed by atoms with Crippen LogP contribution < -0.4 is 9.62 Å². The van der Waals surface area contributed by atoms with Gasteiger partial charge in [0.05, 0.1) is 9.82 Å². The Labute approximate surface area is 143 Å². The minimum absolute atomic E-state index is 0.0808. The SMILES string of the molecule is CC(C)(C)NS(=O)(=O)c1ccc(N2CCCCCC2)c([N+](=O)[O-])c1. The normalized spacial score (nSPS) is 16.7. The van der Waals surface area contributed by atoms with E-state index < -0.39 is 20.5 Å². The Morgan fingerprint density at radius 2 is 1.71 bits per heavy atom. The summed E-state index contributed by atoms with van der Waals surface area (Å²) in [5.74, 6) is 0. The lowest BCUT2D eigenvalue weighted by Crippen LogP contribution is -2.40. The maximum Gasteiger partial charge on any atom is 0.293 e. The third-order valence-corrected chi connectivity index (χ3v) is 5.60. The lowest BCUT2D eigenvalue weighted by atomic mass is 10.1. The van der Waals surface area contributed by atoms with Gasteiger partial charge in [0.25, 0.3) is 5.69 Å². The van der Waals surface area contributed by atoms with Crippen molar-refractivity contribution in [1.29, 1.82) is 0 Å². The highest BCUT2D eigenvalue weighted by atomic mass is 32.2. The first-order valence-electron chi connectivity index (χ1n) is 8.17. The average Bonchev–Trinajstić information content (AvgIpc) is 2.73. The third kappa shape index (κ3) is 4.67. The maximum atomic E-state index is 12.4. The van der Waals surface area contributed by atoms with Crippen LogP contribution in [0.4, 0.5) is 11.4 Å². The number of hydrogen-bond donors (Lipinski definition) is 1. The Bertz CT molecular complexity index is 703. The average molecular weight is 355 g/mol. The monoisotopic (exact) mass is 355 g/mol. The van der Waals surface area contributed by atoms with Crippen molar-refractivity contribution in [2.24, 2.45) is 0 Å². The van der Waals surface area contributed by atoms with Crippen molar-refractivity contribution in [2.45, 2.75) is 56.9 Å². The van der Waals surface area contributed by atoms with Crippen molar-refractivity contribution in [1.82, 2.24) is 4.72 Å². The van der Waals surface area contributed by atoms with E-state index in [0.717, 1.165) is 44.8 Å². The van der Waals surface area contributed by atoms with Gasteiger partial charge in [-0.25, -0.2) is 13.1 Å². The fourth-order valence-electron chi connectivity index (χ4n) is 2.86. The zero-order valence-electron chi connectivity index (χ0n) is 14.4. The van der Waals surface area contributed by atoms with Crippen LogP contribution in [0.15, 0.2) is 23.1 Å². The second kappa shape index (κ2) is 7.06. The van der Waals surface area contributed by atoms with E-state index in [9.17, 15) is 18.5 Å². The molecule has 1 aromatic rings. The second-order valence-corrected chi connectivity index (χ2v) is 8.85. The van der Waals surface area contributed by atoms with Gasteiger partial charge in [-0.3, -0.25) is 10.1 Å². The molecule has 1 aromatic carbocycles. The summed E-state index contributed by atoms with van der Waals surface area (Å²) < 4.78 is 27.4. The van der Waals surface area contributed by atoms with E-state index in [1.54, 1.807) is 26.8 Å². The van der Waals surface area contributed by atoms with E-state index >= 15 is 0 Å². The summed E-state index contributed by atoms with van der Waals surface area (Å²) in [5, 5.41) is 11.5. The van der Waals surface area contributed by atoms with Crippen LogP contribution in [0.5, 0.6) is 0 Å². The van der Waals surface area contributed by atoms with Gasteiger partial charge in [0.15, 0.2) is 0 Å². The number of hydrogen-bond acceptors (Lipinski definition) is 5. The van der Waals surface area contributed by atoms with Crippen molar-refractivity contribution < 1.29 is 13.3 Å². The summed E-state index contributed by atoms with van der Waals surface area (Å²) in [6.07, 6.45) is 4.21. The molecule has 0 unspecified atom stereocenters. The first-order valence-corrected chi connectivity index (χ1v) is 9.66. The molecule has 0 radical (unpaired) electrons. The van der Waals surface area contributed by atoms with Gasteiger partial charge >= 0.3 is 0 Å².